The van der Waals surface area contributed by atoms with Crippen LogP contribution < -0.4 is 5.32 Å². The van der Waals surface area contributed by atoms with Gasteiger partial charge < -0.3 is 15.3 Å². The van der Waals surface area contributed by atoms with Gasteiger partial charge in [0, 0.05) is 19.1 Å². The van der Waals surface area contributed by atoms with Crippen molar-refractivity contribution in [1.82, 2.24) is 10.2 Å². The molecule has 0 aromatic carbocycles. The molecule has 2 N–H and O–H groups in total. The molecule has 62 valence electrons. The molecule has 2 unspecified atom stereocenters. The third-order valence-corrected chi connectivity index (χ3v) is 2.37. The van der Waals surface area contributed by atoms with Crippen LogP contribution in [0.3, 0.4) is 0 Å². The van der Waals surface area contributed by atoms with Crippen molar-refractivity contribution in [3.8, 4) is 0 Å². The Kier molecular flexibility index (Phi) is 1.58. The molecule has 0 aromatic heterocycles. The molecule has 2 atom stereocenters. The Morgan fingerprint density at radius 2 is 2.45 bits per heavy atom. The minimum Gasteiger partial charge on any atom is -0.391 e. The summed E-state index contributed by atoms with van der Waals surface area (Å²) in [6.45, 7) is 1.80. The number of hydrogen-bond acceptors (Lipinski definition) is 3. The largest absolute Gasteiger partial charge is 0.391 e. The first kappa shape index (κ1) is 7.06. The lowest BCUT2D eigenvalue weighted by Crippen LogP contribution is -2.51. The van der Waals surface area contributed by atoms with Crippen LogP contribution in [0.5, 0.6) is 0 Å². The lowest BCUT2D eigenvalue weighted by atomic mass is 10.2. The Morgan fingerprint density at radius 1 is 1.64 bits per heavy atom. The molecule has 4 nitrogen and oxygen atoms in total. The van der Waals surface area contributed by atoms with Crippen LogP contribution in [0, 0.1) is 0 Å². The van der Waals surface area contributed by atoms with E-state index in [1.807, 2.05) is 0 Å². The van der Waals surface area contributed by atoms with E-state index in [1.165, 1.54) is 0 Å². The van der Waals surface area contributed by atoms with E-state index in [9.17, 15) is 9.90 Å². The summed E-state index contributed by atoms with van der Waals surface area (Å²) in [5.41, 5.74) is 0. The summed E-state index contributed by atoms with van der Waals surface area (Å²) in [5, 5.41) is 12.3. The number of aliphatic hydroxyl groups excluding tert-OH is 1. The Morgan fingerprint density at radius 3 is 3.18 bits per heavy atom. The smallest absolute Gasteiger partial charge is 0.236 e. The highest BCUT2D eigenvalue weighted by Gasteiger charge is 2.36. The van der Waals surface area contributed by atoms with Crippen LogP contribution in [0.1, 0.15) is 6.42 Å². The fourth-order valence-corrected chi connectivity index (χ4v) is 1.84. The van der Waals surface area contributed by atoms with Gasteiger partial charge in [0.15, 0.2) is 0 Å². The maximum Gasteiger partial charge on any atom is 0.236 e. The van der Waals surface area contributed by atoms with E-state index in [4.69, 9.17) is 0 Å². The van der Waals surface area contributed by atoms with Gasteiger partial charge in [-0.3, -0.25) is 4.79 Å². The molecule has 2 rings (SSSR count). The van der Waals surface area contributed by atoms with Crippen molar-refractivity contribution in [2.75, 3.05) is 19.6 Å². The van der Waals surface area contributed by atoms with Crippen LogP contribution in [0.15, 0.2) is 0 Å². The molecule has 1 amide bonds. The van der Waals surface area contributed by atoms with Crippen LogP contribution in [0.4, 0.5) is 0 Å². The predicted molar refractivity (Wildman–Crippen MR) is 39.0 cm³/mol. The molecule has 0 bridgehead atoms. The van der Waals surface area contributed by atoms with Crippen molar-refractivity contribution in [3.05, 3.63) is 0 Å². The van der Waals surface area contributed by atoms with Gasteiger partial charge in [0.2, 0.25) is 5.91 Å². The minimum atomic E-state index is -0.302. The van der Waals surface area contributed by atoms with E-state index in [-0.39, 0.29) is 18.1 Å². The summed E-state index contributed by atoms with van der Waals surface area (Å²) < 4.78 is 0. The lowest BCUT2D eigenvalue weighted by molar-refractivity contribution is -0.133. The molecular formula is C7H12N2O2. The standard InChI is InChI=1S/C7H12N2O2/c10-6-1-5-2-8-3-7(11)9(5)4-6/h5-6,8,10H,1-4H2. The fourth-order valence-electron chi connectivity index (χ4n) is 1.84. The molecule has 2 aliphatic heterocycles. The highest BCUT2D eigenvalue weighted by Crippen LogP contribution is 2.18. The number of amides is 1. The summed E-state index contributed by atoms with van der Waals surface area (Å²) in [6, 6.07) is 0.242. The van der Waals surface area contributed by atoms with E-state index >= 15 is 0 Å². The van der Waals surface area contributed by atoms with E-state index in [0.717, 1.165) is 13.0 Å². The van der Waals surface area contributed by atoms with Gasteiger partial charge in [-0.25, -0.2) is 0 Å². The maximum atomic E-state index is 11.2. The van der Waals surface area contributed by atoms with E-state index in [1.54, 1.807) is 4.90 Å². The lowest BCUT2D eigenvalue weighted by Gasteiger charge is -2.29. The molecule has 2 fully saturated rings. The summed E-state index contributed by atoms with van der Waals surface area (Å²) in [6.07, 6.45) is 0.433. The zero-order valence-corrected chi connectivity index (χ0v) is 6.29. The van der Waals surface area contributed by atoms with Crippen molar-refractivity contribution in [1.29, 1.82) is 0 Å². The molecule has 11 heavy (non-hydrogen) atoms. The van der Waals surface area contributed by atoms with E-state index in [0.29, 0.717) is 13.1 Å². The third kappa shape index (κ3) is 1.12. The number of hydrogen-bond donors (Lipinski definition) is 2. The highest BCUT2D eigenvalue weighted by atomic mass is 16.3. The first-order chi connectivity index (χ1) is 5.27. The normalized spacial score (nSPS) is 37.5. The minimum absolute atomic E-state index is 0.123. The fraction of sp³-hybridized carbons (Fsp3) is 0.857. The quantitative estimate of drug-likeness (QED) is 0.451. The van der Waals surface area contributed by atoms with Crippen LogP contribution >= 0.6 is 0 Å². The number of piperazine rings is 1. The molecule has 0 aromatic rings. The Balaban J connectivity index is 2.09. The second-order valence-electron chi connectivity index (χ2n) is 3.22. The van der Waals surface area contributed by atoms with Gasteiger partial charge in [0.1, 0.15) is 0 Å². The SMILES string of the molecule is O=C1CNCC2CC(O)CN12. The van der Waals surface area contributed by atoms with E-state index < -0.39 is 0 Å². The Bertz CT molecular complexity index is 183. The zero-order chi connectivity index (χ0) is 7.84. The molecule has 0 radical (unpaired) electrons. The van der Waals surface area contributed by atoms with Gasteiger partial charge in [-0.05, 0) is 6.42 Å². The van der Waals surface area contributed by atoms with E-state index in [2.05, 4.69) is 5.32 Å². The Labute approximate surface area is 65.2 Å². The Hall–Kier alpha value is -0.610. The molecule has 2 saturated heterocycles. The van der Waals surface area contributed by atoms with Crippen molar-refractivity contribution in [3.63, 3.8) is 0 Å². The number of rotatable bonds is 0. The first-order valence-corrected chi connectivity index (χ1v) is 3.95. The summed E-state index contributed by atoms with van der Waals surface area (Å²) in [4.78, 5) is 13.0. The van der Waals surface area contributed by atoms with Crippen LogP contribution in [0.2, 0.25) is 0 Å². The average molecular weight is 156 g/mol. The summed E-state index contributed by atoms with van der Waals surface area (Å²) in [5.74, 6) is 0.123. The van der Waals surface area contributed by atoms with Gasteiger partial charge in [-0.15, -0.1) is 0 Å². The zero-order valence-electron chi connectivity index (χ0n) is 6.29. The molecule has 0 spiro atoms. The molecule has 2 aliphatic rings. The van der Waals surface area contributed by atoms with Crippen molar-refractivity contribution in [2.45, 2.75) is 18.6 Å². The highest BCUT2D eigenvalue weighted by molar-refractivity contribution is 5.79. The number of carbonyl (C=O) groups is 1. The monoisotopic (exact) mass is 156 g/mol. The average Bonchev–Trinajstić information content (AvgIpc) is 2.31. The number of nitrogens with one attached hydrogen (secondary N) is 1. The van der Waals surface area contributed by atoms with Gasteiger partial charge in [0.05, 0.1) is 12.6 Å². The van der Waals surface area contributed by atoms with Crippen LogP contribution in [-0.4, -0.2) is 47.7 Å². The second kappa shape index (κ2) is 2.46. The van der Waals surface area contributed by atoms with Crippen LogP contribution in [-0.2, 0) is 4.79 Å². The van der Waals surface area contributed by atoms with Crippen LogP contribution in [0.25, 0.3) is 0 Å². The number of fused-ring (bicyclic) bond motifs is 1. The molecular weight excluding hydrogens is 144 g/mol. The topological polar surface area (TPSA) is 52.6 Å². The van der Waals surface area contributed by atoms with Gasteiger partial charge >= 0.3 is 0 Å². The van der Waals surface area contributed by atoms with Crippen molar-refractivity contribution >= 4 is 5.91 Å². The van der Waals surface area contributed by atoms with Crippen molar-refractivity contribution < 1.29 is 9.90 Å². The summed E-state index contributed by atoms with van der Waals surface area (Å²) in [7, 11) is 0. The van der Waals surface area contributed by atoms with Gasteiger partial charge in [-0.2, -0.15) is 0 Å². The van der Waals surface area contributed by atoms with Crippen molar-refractivity contribution in [2.24, 2.45) is 0 Å². The second-order valence-corrected chi connectivity index (χ2v) is 3.22. The molecule has 2 heterocycles. The number of nitrogens with zero attached hydrogens (tertiary/aromatic N) is 1. The molecule has 0 saturated carbocycles. The number of aliphatic hydroxyl groups is 1. The third-order valence-electron chi connectivity index (χ3n) is 2.37. The predicted octanol–water partition coefficient (Wildman–Crippen LogP) is -1.45. The summed E-state index contributed by atoms with van der Waals surface area (Å²) >= 11 is 0. The number of carbonyl (C=O) groups excluding carboxylic acids is 1. The molecule has 0 aliphatic carbocycles. The van der Waals surface area contributed by atoms with Gasteiger partial charge in [0.25, 0.3) is 0 Å². The van der Waals surface area contributed by atoms with Gasteiger partial charge in [-0.1, -0.05) is 0 Å². The molecule has 4 heteroatoms. The maximum absolute atomic E-state index is 11.2. The first-order valence-electron chi connectivity index (χ1n) is 3.95.